The van der Waals surface area contributed by atoms with Crippen LogP contribution in [0.25, 0.3) is 0 Å². The third kappa shape index (κ3) is 4.44. The van der Waals surface area contributed by atoms with Gasteiger partial charge in [-0.15, -0.1) is 0 Å². The Morgan fingerprint density at radius 1 is 0.765 bits per heavy atom. The van der Waals surface area contributed by atoms with Gasteiger partial charge in [0.1, 0.15) is 0 Å². The topological polar surface area (TPSA) is 0 Å². The van der Waals surface area contributed by atoms with Crippen molar-refractivity contribution in [1.82, 2.24) is 0 Å². The molecule has 98 valence electrons. The predicted molar refractivity (Wildman–Crippen MR) is 77.8 cm³/mol. The van der Waals surface area contributed by atoms with Crippen LogP contribution in [-0.4, -0.2) is 22.5 Å². The van der Waals surface area contributed by atoms with E-state index < -0.39 is 0 Å². The Morgan fingerprint density at radius 2 is 1.24 bits per heavy atom. The Hall–Kier alpha value is 0.799. The molecule has 2 rings (SSSR count). The van der Waals surface area contributed by atoms with E-state index in [1.807, 2.05) is 0 Å². The third-order valence-corrected chi connectivity index (χ3v) is 6.42. The molecule has 0 bridgehead atoms. The van der Waals surface area contributed by atoms with Crippen LogP contribution in [0.4, 0.5) is 0 Å². The Labute approximate surface area is 121 Å². The van der Waals surface area contributed by atoms with Crippen molar-refractivity contribution in [3.05, 3.63) is 0 Å². The zero-order valence-corrected chi connectivity index (χ0v) is 14.8. The van der Waals surface area contributed by atoms with Crippen LogP contribution < -0.4 is 0 Å². The standard InChI is InChI=1S/C16H29.Sn.H/c1-2-9-16(14-10-5-3-6-11-14)15-12-7-4-8-13-15;;/h14-16H,1-13H2;;. The van der Waals surface area contributed by atoms with Crippen molar-refractivity contribution in [2.45, 2.75) is 81.5 Å². The zero-order chi connectivity index (χ0) is 11.9. The van der Waals surface area contributed by atoms with Gasteiger partial charge in [-0.05, 0) is 0 Å². The number of rotatable bonds is 5. The van der Waals surface area contributed by atoms with Gasteiger partial charge in [-0.1, -0.05) is 0 Å². The molecule has 2 fully saturated rings. The fraction of sp³-hybridized carbons (Fsp3) is 1.00. The van der Waals surface area contributed by atoms with Crippen molar-refractivity contribution >= 4 is 22.5 Å². The predicted octanol–water partition coefficient (Wildman–Crippen LogP) is 4.86. The minimum absolute atomic E-state index is 1.12. The number of hydrogen-bond donors (Lipinski definition) is 0. The third-order valence-electron chi connectivity index (χ3n) is 5.25. The first kappa shape index (κ1) is 14.2. The van der Waals surface area contributed by atoms with Gasteiger partial charge in [0, 0.05) is 0 Å². The molecule has 0 amide bonds. The molecule has 1 heteroatoms. The average molecular weight is 341 g/mol. The molecule has 2 aliphatic rings. The van der Waals surface area contributed by atoms with Gasteiger partial charge in [0.2, 0.25) is 0 Å². The van der Waals surface area contributed by atoms with Crippen molar-refractivity contribution in [2.24, 2.45) is 17.8 Å². The molecular weight excluding hydrogens is 311 g/mol. The van der Waals surface area contributed by atoms with Gasteiger partial charge in [-0.2, -0.15) is 0 Å². The summed E-state index contributed by atoms with van der Waals surface area (Å²) in [7, 11) is 0. The molecule has 2 aliphatic carbocycles. The minimum atomic E-state index is 1.12. The molecule has 2 radical (unpaired) electrons. The summed E-state index contributed by atoms with van der Waals surface area (Å²) in [5, 5.41) is 0. The fourth-order valence-corrected chi connectivity index (χ4v) is 5.01. The molecule has 0 spiro atoms. The first-order valence-corrected chi connectivity index (χ1v) is 10.4. The molecule has 0 aromatic heterocycles. The summed E-state index contributed by atoms with van der Waals surface area (Å²) in [5.74, 6) is 3.38. The van der Waals surface area contributed by atoms with E-state index in [2.05, 4.69) is 0 Å². The van der Waals surface area contributed by atoms with Crippen LogP contribution >= 0.6 is 0 Å². The summed E-state index contributed by atoms with van der Waals surface area (Å²) >= 11 is 1.48. The van der Waals surface area contributed by atoms with E-state index in [4.69, 9.17) is 0 Å². The van der Waals surface area contributed by atoms with Crippen LogP contribution in [0.1, 0.15) is 77.0 Å². The van der Waals surface area contributed by atoms with Crippen molar-refractivity contribution in [3.63, 3.8) is 0 Å². The van der Waals surface area contributed by atoms with Crippen LogP contribution in [0.3, 0.4) is 0 Å². The average Bonchev–Trinajstić information content (AvgIpc) is 2.42. The molecule has 0 aromatic carbocycles. The molecule has 2 saturated carbocycles. The fourth-order valence-electron chi connectivity index (χ4n) is 4.33. The SMILES string of the molecule is [SnH][CH2]CCC(C1CCCCC1)C1CCCCC1. The molecule has 0 N–H and O–H groups in total. The first-order chi connectivity index (χ1) is 8.42. The molecule has 17 heavy (non-hydrogen) atoms. The van der Waals surface area contributed by atoms with Crippen LogP contribution in [0.5, 0.6) is 0 Å². The van der Waals surface area contributed by atoms with E-state index in [0.29, 0.717) is 0 Å². The van der Waals surface area contributed by atoms with Gasteiger partial charge in [0.25, 0.3) is 0 Å². The summed E-state index contributed by atoms with van der Waals surface area (Å²) in [6.45, 7) is 0. The zero-order valence-electron chi connectivity index (χ0n) is 11.5. The van der Waals surface area contributed by atoms with Crippen LogP contribution in [-0.2, 0) is 0 Å². The van der Waals surface area contributed by atoms with Crippen molar-refractivity contribution in [3.8, 4) is 0 Å². The Kier molecular flexibility index (Phi) is 6.74. The number of hydrogen-bond acceptors (Lipinski definition) is 0. The van der Waals surface area contributed by atoms with Crippen LogP contribution in [0.15, 0.2) is 0 Å². The van der Waals surface area contributed by atoms with Gasteiger partial charge >= 0.3 is 122 Å². The second-order valence-electron chi connectivity index (χ2n) is 6.39. The van der Waals surface area contributed by atoms with E-state index in [0.717, 1.165) is 17.8 Å². The molecule has 0 nitrogen and oxygen atoms in total. The summed E-state index contributed by atoms with van der Waals surface area (Å²) in [4.78, 5) is 0. The van der Waals surface area contributed by atoms with E-state index in [-0.39, 0.29) is 0 Å². The van der Waals surface area contributed by atoms with E-state index >= 15 is 0 Å². The van der Waals surface area contributed by atoms with Gasteiger partial charge in [-0.3, -0.25) is 0 Å². The second kappa shape index (κ2) is 8.07. The monoisotopic (exact) mass is 342 g/mol. The van der Waals surface area contributed by atoms with Gasteiger partial charge in [0.15, 0.2) is 0 Å². The quantitative estimate of drug-likeness (QED) is 0.627. The van der Waals surface area contributed by atoms with Crippen molar-refractivity contribution in [2.75, 3.05) is 0 Å². The second-order valence-corrected chi connectivity index (χ2v) is 8.04. The maximum atomic E-state index is 1.58. The maximum absolute atomic E-state index is 1.58. The van der Waals surface area contributed by atoms with E-state index in [1.165, 1.54) is 65.5 Å². The van der Waals surface area contributed by atoms with Gasteiger partial charge in [0.05, 0.1) is 0 Å². The Morgan fingerprint density at radius 3 is 1.65 bits per heavy atom. The Balaban J connectivity index is 1.90. The van der Waals surface area contributed by atoms with Gasteiger partial charge < -0.3 is 0 Å². The first-order valence-electron chi connectivity index (χ1n) is 8.12. The van der Waals surface area contributed by atoms with Gasteiger partial charge in [-0.25, -0.2) is 0 Å². The van der Waals surface area contributed by atoms with Crippen LogP contribution in [0, 0.1) is 17.8 Å². The molecule has 0 heterocycles. The van der Waals surface area contributed by atoms with Crippen molar-refractivity contribution < 1.29 is 0 Å². The molecule has 0 atom stereocenters. The summed E-state index contributed by atoms with van der Waals surface area (Å²) in [6, 6.07) is 0. The Bertz CT molecular complexity index is 172. The normalized spacial score (nSPS) is 24.4. The van der Waals surface area contributed by atoms with Crippen molar-refractivity contribution in [1.29, 1.82) is 0 Å². The molecule has 0 unspecified atom stereocenters. The molecule has 0 aliphatic heterocycles. The molecule has 0 aromatic rings. The van der Waals surface area contributed by atoms with Crippen LogP contribution in [0.2, 0.25) is 4.44 Å². The summed E-state index contributed by atoms with van der Waals surface area (Å²) in [5.41, 5.74) is 0. The molecular formula is C16H30Sn. The summed E-state index contributed by atoms with van der Waals surface area (Å²) < 4.78 is 1.53. The summed E-state index contributed by atoms with van der Waals surface area (Å²) in [6.07, 6.45) is 18.6. The van der Waals surface area contributed by atoms with E-state index in [9.17, 15) is 0 Å². The molecule has 0 saturated heterocycles. The van der Waals surface area contributed by atoms with E-state index in [1.54, 1.807) is 38.5 Å².